The molecule has 0 bridgehead atoms. The second-order valence-electron chi connectivity index (χ2n) is 4.65. The molecule has 0 amide bonds. The fourth-order valence-electron chi connectivity index (χ4n) is 2.19. The average Bonchev–Trinajstić information content (AvgIpc) is 2.89. The first kappa shape index (κ1) is 12.3. The van der Waals surface area contributed by atoms with Gasteiger partial charge >= 0.3 is 0 Å². The molecule has 100 valence electrons. The number of rotatable bonds is 3. The van der Waals surface area contributed by atoms with Gasteiger partial charge in [0.15, 0.2) is 5.76 Å². The van der Waals surface area contributed by atoms with Crippen LogP contribution in [0.2, 0.25) is 0 Å². The lowest BCUT2D eigenvalue weighted by atomic mass is 10.2. The SMILES string of the molecule is Fc1ccc(-c2cnc(CN3CCNCC3)o2)cc1. The van der Waals surface area contributed by atoms with Gasteiger partial charge in [-0.1, -0.05) is 0 Å². The first-order chi connectivity index (χ1) is 9.31. The summed E-state index contributed by atoms with van der Waals surface area (Å²) in [6.07, 6.45) is 1.70. The molecular formula is C14H16FN3O. The molecule has 0 radical (unpaired) electrons. The molecule has 0 saturated carbocycles. The van der Waals surface area contributed by atoms with E-state index in [1.807, 2.05) is 0 Å². The van der Waals surface area contributed by atoms with Crippen molar-refractivity contribution in [3.05, 3.63) is 42.2 Å². The van der Waals surface area contributed by atoms with E-state index in [0.29, 0.717) is 11.7 Å². The summed E-state index contributed by atoms with van der Waals surface area (Å²) in [5.74, 6) is 1.15. The van der Waals surface area contributed by atoms with Crippen molar-refractivity contribution < 1.29 is 8.81 Å². The number of benzene rings is 1. The molecular weight excluding hydrogens is 245 g/mol. The van der Waals surface area contributed by atoms with E-state index in [1.54, 1.807) is 18.3 Å². The predicted molar refractivity (Wildman–Crippen MR) is 70.0 cm³/mol. The maximum Gasteiger partial charge on any atom is 0.209 e. The van der Waals surface area contributed by atoms with Crippen LogP contribution in [-0.2, 0) is 6.54 Å². The van der Waals surface area contributed by atoms with Crippen molar-refractivity contribution in [3.8, 4) is 11.3 Å². The Balaban J connectivity index is 1.70. The highest BCUT2D eigenvalue weighted by Crippen LogP contribution is 2.21. The van der Waals surface area contributed by atoms with Gasteiger partial charge in [-0.15, -0.1) is 0 Å². The lowest BCUT2D eigenvalue weighted by Gasteiger charge is -2.25. The molecule has 1 saturated heterocycles. The quantitative estimate of drug-likeness (QED) is 0.916. The van der Waals surface area contributed by atoms with E-state index in [9.17, 15) is 4.39 Å². The number of nitrogens with one attached hydrogen (secondary N) is 1. The Bertz CT molecular complexity index is 532. The van der Waals surface area contributed by atoms with Crippen molar-refractivity contribution >= 4 is 0 Å². The molecule has 3 rings (SSSR count). The third-order valence-corrected chi connectivity index (χ3v) is 3.25. The zero-order valence-electron chi connectivity index (χ0n) is 10.6. The number of halogens is 1. The molecule has 1 aromatic carbocycles. The summed E-state index contributed by atoms with van der Waals surface area (Å²) in [7, 11) is 0. The summed E-state index contributed by atoms with van der Waals surface area (Å²) in [6.45, 7) is 4.75. The highest BCUT2D eigenvalue weighted by atomic mass is 19.1. The molecule has 0 spiro atoms. The van der Waals surface area contributed by atoms with Gasteiger partial charge in [0.2, 0.25) is 5.89 Å². The Morgan fingerprint density at radius 2 is 1.95 bits per heavy atom. The molecule has 5 heteroatoms. The van der Waals surface area contributed by atoms with Crippen molar-refractivity contribution in [1.82, 2.24) is 15.2 Å². The van der Waals surface area contributed by atoms with Gasteiger partial charge in [-0.2, -0.15) is 0 Å². The molecule has 1 N–H and O–H groups in total. The van der Waals surface area contributed by atoms with Crippen LogP contribution in [0.25, 0.3) is 11.3 Å². The second kappa shape index (κ2) is 5.50. The Morgan fingerprint density at radius 1 is 1.21 bits per heavy atom. The number of hydrogen-bond acceptors (Lipinski definition) is 4. The Labute approximate surface area is 111 Å². The van der Waals surface area contributed by atoms with Crippen LogP contribution in [0, 0.1) is 5.82 Å². The molecule has 1 aliphatic heterocycles. The number of hydrogen-bond donors (Lipinski definition) is 1. The molecule has 0 atom stereocenters. The van der Waals surface area contributed by atoms with Crippen LogP contribution in [-0.4, -0.2) is 36.1 Å². The van der Waals surface area contributed by atoms with Crippen molar-refractivity contribution in [2.24, 2.45) is 0 Å². The summed E-state index contributed by atoms with van der Waals surface area (Å²) in [5.41, 5.74) is 0.848. The number of nitrogens with zero attached hydrogens (tertiary/aromatic N) is 2. The number of aromatic nitrogens is 1. The van der Waals surface area contributed by atoms with Gasteiger partial charge in [0.1, 0.15) is 5.82 Å². The Morgan fingerprint density at radius 3 is 2.68 bits per heavy atom. The van der Waals surface area contributed by atoms with Gasteiger partial charge in [0, 0.05) is 31.7 Å². The van der Waals surface area contributed by atoms with Crippen LogP contribution >= 0.6 is 0 Å². The Kier molecular flexibility index (Phi) is 3.57. The van der Waals surface area contributed by atoms with Gasteiger partial charge < -0.3 is 9.73 Å². The van der Waals surface area contributed by atoms with Crippen molar-refractivity contribution in [2.75, 3.05) is 26.2 Å². The van der Waals surface area contributed by atoms with Gasteiger partial charge in [-0.25, -0.2) is 9.37 Å². The van der Waals surface area contributed by atoms with Gasteiger partial charge in [0.05, 0.1) is 12.7 Å². The minimum absolute atomic E-state index is 0.246. The topological polar surface area (TPSA) is 41.3 Å². The molecule has 2 aromatic rings. The zero-order chi connectivity index (χ0) is 13.1. The van der Waals surface area contributed by atoms with E-state index in [-0.39, 0.29) is 5.82 Å². The van der Waals surface area contributed by atoms with E-state index < -0.39 is 0 Å². The smallest absolute Gasteiger partial charge is 0.209 e. The summed E-state index contributed by atoms with van der Waals surface area (Å²) < 4.78 is 18.6. The minimum atomic E-state index is -0.246. The molecule has 1 fully saturated rings. The fraction of sp³-hybridized carbons (Fsp3) is 0.357. The summed E-state index contributed by atoms with van der Waals surface area (Å²) in [4.78, 5) is 6.59. The van der Waals surface area contributed by atoms with Gasteiger partial charge in [-0.05, 0) is 24.3 Å². The van der Waals surface area contributed by atoms with Gasteiger partial charge in [-0.3, -0.25) is 4.90 Å². The molecule has 4 nitrogen and oxygen atoms in total. The third kappa shape index (κ3) is 3.00. The number of oxazole rings is 1. The van der Waals surface area contributed by atoms with Crippen LogP contribution in [0.1, 0.15) is 5.89 Å². The van der Waals surface area contributed by atoms with Crippen LogP contribution in [0.4, 0.5) is 4.39 Å². The summed E-state index contributed by atoms with van der Waals surface area (Å²) >= 11 is 0. The molecule has 1 aliphatic rings. The first-order valence-electron chi connectivity index (χ1n) is 6.45. The van der Waals surface area contributed by atoms with Crippen LogP contribution in [0.5, 0.6) is 0 Å². The van der Waals surface area contributed by atoms with E-state index in [4.69, 9.17) is 4.42 Å². The monoisotopic (exact) mass is 261 g/mol. The van der Waals surface area contributed by atoms with E-state index in [2.05, 4.69) is 15.2 Å². The van der Waals surface area contributed by atoms with E-state index >= 15 is 0 Å². The third-order valence-electron chi connectivity index (χ3n) is 3.25. The standard InChI is InChI=1S/C14H16FN3O/c15-12-3-1-11(2-4-12)13-9-17-14(19-13)10-18-7-5-16-6-8-18/h1-4,9,16H,5-8,10H2. The largest absolute Gasteiger partial charge is 0.439 e. The normalized spacial score (nSPS) is 16.7. The van der Waals surface area contributed by atoms with Gasteiger partial charge in [0.25, 0.3) is 0 Å². The maximum absolute atomic E-state index is 12.9. The molecule has 1 aromatic heterocycles. The maximum atomic E-state index is 12.9. The van der Waals surface area contributed by atoms with Crippen molar-refractivity contribution in [1.29, 1.82) is 0 Å². The van der Waals surface area contributed by atoms with Crippen molar-refractivity contribution in [3.63, 3.8) is 0 Å². The first-order valence-corrected chi connectivity index (χ1v) is 6.45. The molecule has 19 heavy (non-hydrogen) atoms. The lowest BCUT2D eigenvalue weighted by molar-refractivity contribution is 0.213. The van der Waals surface area contributed by atoms with Crippen LogP contribution in [0.3, 0.4) is 0 Å². The van der Waals surface area contributed by atoms with Crippen LogP contribution < -0.4 is 5.32 Å². The van der Waals surface area contributed by atoms with E-state index in [0.717, 1.165) is 38.3 Å². The molecule has 0 aliphatic carbocycles. The highest BCUT2D eigenvalue weighted by Gasteiger charge is 2.13. The minimum Gasteiger partial charge on any atom is -0.439 e. The highest BCUT2D eigenvalue weighted by molar-refractivity contribution is 5.55. The second-order valence-corrected chi connectivity index (χ2v) is 4.65. The Hall–Kier alpha value is -1.72. The average molecular weight is 261 g/mol. The predicted octanol–water partition coefficient (Wildman–Crippen LogP) is 1.89. The molecule has 0 unspecified atom stereocenters. The molecule has 2 heterocycles. The van der Waals surface area contributed by atoms with Crippen LogP contribution in [0.15, 0.2) is 34.9 Å². The summed E-state index contributed by atoms with van der Waals surface area (Å²) in [5, 5.41) is 3.31. The lowest BCUT2D eigenvalue weighted by Crippen LogP contribution is -2.42. The zero-order valence-corrected chi connectivity index (χ0v) is 10.6. The fourth-order valence-corrected chi connectivity index (χ4v) is 2.19. The van der Waals surface area contributed by atoms with Crippen molar-refractivity contribution in [2.45, 2.75) is 6.54 Å². The summed E-state index contributed by atoms with van der Waals surface area (Å²) in [6, 6.07) is 6.25. The van der Waals surface area contributed by atoms with E-state index in [1.165, 1.54) is 12.1 Å². The number of piperazine rings is 1.